The number of oxazole rings is 1. The number of benzene rings is 1. The predicted octanol–water partition coefficient (Wildman–Crippen LogP) is 3.39. The molecule has 0 bridgehead atoms. The SMILES string of the molecule is COC(=O)c1cc(C(=O)N(C(C)C)C(C)C)cc(-c2ncco2)c1. The van der Waals surface area contributed by atoms with Gasteiger partial charge in [0.2, 0.25) is 5.89 Å². The van der Waals surface area contributed by atoms with Gasteiger partial charge in [0, 0.05) is 23.2 Å². The molecular formula is C18H22N2O4. The molecule has 2 rings (SSSR count). The third kappa shape index (κ3) is 3.64. The minimum Gasteiger partial charge on any atom is -0.465 e. The van der Waals surface area contributed by atoms with E-state index in [1.807, 2.05) is 27.7 Å². The molecule has 0 aliphatic rings. The molecular weight excluding hydrogens is 308 g/mol. The number of nitrogens with zero attached hydrogens (tertiary/aromatic N) is 2. The molecule has 0 aliphatic heterocycles. The highest BCUT2D eigenvalue weighted by atomic mass is 16.5. The molecule has 0 N–H and O–H groups in total. The van der Waals surface area contributed by atoms with E-state index >= 15 is 0 Å². The van der Waals surface area contributed by atoms with Gasteiger partial charge in [0.05, 0.1) is 18.9 Å². The van der Waals surface area contributed by atoms with E-state index in [9.17, 15) is 9.59 Å². The molecule has 0 spiro atoms. The maximum Gasteiger partial charge on any atom is 0.337 e. The number of ether oxygens (including phenoxy) is 1. The fraction of sp³-hybridized carbons (Fsp3) is 0.389. The fourth-order valence-corrected chi connectivity index (χ4v) is 2.69. The second kappa shape index (κ2) is 7.29. The summed E-state index contributed by atoms with van der Waals surface area (Å²) in [5.41, 5.74) is 1.23. The van der Waals surface area contributed by atoms with E-state index in [1.165, 1.54) is 19.6 Å². The maximum absolute atomic E-state index is 12.9. The summed E-state index contributed by atoms with van der Waals surface area (Å²) in [4.78, 5) is 30.7. The summed E-state index contributed by atoms with van der Waals surface area (Å²) in [6.45, 7) is 7.82. The number of aromatic nitrogens is 1. The highest BCUT2D eigenvalue weighted by molar-refractivity contribution is 5.99. The van der Waals surface area contributed by atoms with E-state index in [2.05, 4.69) is 4.98 Å². The van der Waals surface area contributed by atoms with Gasteiger partial charge in [-0.2, -0.15) is 0 Å². The molecule has 0 unspecified atom stereocenters. The topological polar surface area (TPSA) is 72.6 Å². The molecule has 24 heavy (non-hydrogen) atoms. The molecule has 6 nitrogen and oxygen atoms in total. The molecule has 1 aromatic heterocycles. The van der Waals surface area contributed by atoms with Crippen molar-refractivity contribution in [2.24, 2.45) is 0 Å². The second-order valence-corrected chi connectivity index (χ2v) is 6.03. The van der Waals surface area contributed by atoms with E-state index in [1.54, 1.807) is 23.1 Å². The van der Waals surface area contributed by atoms with Gasteiger partial charge in [0.15, 0.2) is 0 Å². The lowest BCUT2D eigenvalue weighted by Gasteiger charge is -2.31. The van der Waals surface area contributed by atoms with Crippen molar-refractivity contribution < 1.29 is 18.7 Å². The number of hydrogen-bond acceptors (Lipinski definition) is 5. The van der Waals surface area contributed by atoms with Gasteiger partial charge in [0.25, 0.3) is 5.91 Å². The van der Waals surface area contributed by atoms with Crippen LogP contribution >= 0.6 is 0 Å². The number of hydrogen-bond donors (Lipinski definition) is 0. The zero-order valence-corrected chi connectivity index (χ0v) is 14.6. The minimum atomic E-state index is -0.516. The maximum atomic E-state index is 12.9. The Hall–Kier alpha value is -2.63. The van der Waals surface area contributed by atoms with Crippen LogP contribution in [0.5, 0.6) is 0 Å². The van der Waals surface area contributed by atoms with Crippen molar-refractivity contribution in [3.63, 3.8) is 0 Å². The molecule has 1 heterocycles. The third-order valence-corrected chi connectivity index (χ3v) is 3.63. The Morgan fingerprint density at radius 3 is 2.21 bits per heavy atom. The second-order valence-electron chi connectivity index (χ2n) is 6.03. The first kappa shape index (κ1) is 17.7. The summed E-state index contributed by atoms with van der Waals surface area (Å²) < 4.78 is 10.1. The van der Waals surface area contributed by atoms with Crippen LogP contribution in [-0.2, 0) is 4.74 Å². The van der Waals surface area contributed by atoms with Gasteiger partial charge in [-0.25, -0.2) is 9.78 Å². The van der Waals surface area contributed by atoms with Gasteiger partial charge in [-0.15, -0.1) is 0 Å². The Morgan fingerprint density at radius 1 is 1.08 bits per heavy atom. The van der Waals surface area contributed by atoms with E-state index < -0.39 is 5.97 Å². The smallest absolute Gasteiger partial charge is 0.337 e. The Bertz CT molecular complexity index is 713. The zero-order chi connectivity index (χ0) is 17.9. The van der Waals surface area contributed by atoms with Crippen molar-refractivity contribution in [2.75, 3.05) is 7.11 Å². The molecule has 0 fully saturated rings. The van der Waals surface area contributed by atoms with Crippen LogP contribution in [0, 0.1) is 0 Å². The van der Waals surface area contributed by atoms with Gasteiger partial charge in [-0.05, 0) is 45.9 Å². The molecule has 0 saturated heterocycles. The molecule has 1 amide bonds. The van der Waals surface area contributed by atoms with Crippen LogP contribution in [0.25, 0.3) is 11.5 Å². The molecule has 1 aromatic carbocycles. The summed E-state index contributed by atoms with van der Waals surface area (Å²) in [5.74, 6) is -0.327. The number of rotatable bonds is 5. The van der Waals surface area contributed by atoms with Gasteiger partial charge in [0.1, 0.15) is 6.26 Å². The highest BCUT2D eigenvalue weighted by Gasteiger charge is 2.24. The lowest BCUT2D eigenvalue weighted by Crippen LogP contribution is -2.42. The van der Waals surface area contributed by atoms with Crippen LogP contribution < -0.4 is 0 Å². The Balaban J connectivity index is 2.54. The van der Waals surface area contributed by atoms with Crippen LogP contribution in [0.2, 0.25) is 0 Å². The minimum absolute atomic E-state index is 0.0319. The van der Waals surface area contributed by atoms with Crippen molar-refractivity contribution in [3.8, 4) is 11.5 Å². The van der Waals surface area contributed by atoms with Crippen molar-refractivity contribution in [1.29, 1.82) is 0 Å². The number of esters is 1. The highest BCUT2D eigenvalue weighted by Crippen LogP contribution is 2.23. The molecule has 0 aliphatic carbocycles. The van der Waals surface area contributed by atoms with Crippen LogP contribution in [0.3, 0.4) is 0 Å². The molecule has 0 atom stereocenters. The summed E-state index contributed by atoms with van der Waals surface area (Å²) >= 11 is 0. The van der Waals surface area contributed by atoms with Crippen LogP contribution in [0.4, 0.5) is 0 Å². The molecule has 2 aromatic rings. The first-order valence-corrected chi connectivity index (χ1v) is 7.81. The first-order valence-electron chi connectivity index (χ1n) is 7.81. The first-order chi connectivity index (χ1) is 11.3. The zero-order valence-electron chi connectivity index (χ0n) is 14.6. The van der Waals surface area contributed by atoms with Crippen molar-refractivity contribution in [3.05, 3.63) is 41.8 Å². The van der Waals surface area contributed by atoms with Gasteiger partial charge in [-0.1, -0.05) is 0 Å². The normalized spacial score (nSPS) is 11.0. The van der Waals surface area contributed by atoms with E-state index in [4.69, 9.17) is 9.15 Å². The fourth-order valence-electron chi connectivity index (χ4n) is 2.69. The van der Waals surface area contributed by atoms with E-state index in [-0.39, 0.29) is 23.6 Å². The van der Waals surface area contributed by atoms with Crippen LogP contribution in [0.15, 0.2) is 35.1 Å². The average molecular weight is 330 g/mol. The van der Waals surface area contributed by atoms with E-state index in [0.717, 1.165) is 0 Å². The summed E-state index contributed by atoms with van der Waals surface area (Å²) in [7, 11) is 1.30. The van der Waals surface area contributed by atoms with Crippen molar-refractivity contribution in [2.45, 2.75) is 39.8 Å². The Kier molecular flexibility index (Phi) is 5.39. The van der Waals surface area contributed by atoms with E-state index in [0.29, 0.717) is 17.0 Å². The average Bonchev–Trinajstić information content (AvgIpc) is 3.07. The summed E-state index contributed by atoms with van der Waals surface area (Å²) in [6, 6.07) is 4.88. The number of carbonyl (C=O) groups excluding carboxylic acids is 2. The third-order valence-electron chi connectivity index (χ3n) is 3.63. The van der Waals surface area contributed by atoms with Gasteiger partial charge in [-0.3, -0.25) is 4.79 Å². The molecule has 0 saturated carbocycles. The molecule has 6 heteroatoms. The van der Waals surface area contributed by atoms with Crippen molar-refractivity contribution >= 4 is 11.9 Å². The largest absolute Gasteiger partial charge is 0.465 e. The monoisotopic (exact) mass is 330 g/mol. The van der Waals surface area contributed by atoms with Crippen molar-refractivity contribution in [1.82, 2.24) is 9.88 Å². The van der Waals surface area contributed by atoms with Crippen LogP contribution in [-0.4, -0.2) is 41.0 Å². The summed E-state index contributed by atoms with van der Waals surface area (Å²) in [6.07, 6.45) is 2.95. The van der Waals surface area contributed by atoms with Gasteiger partial charge < -0.3 is 14.1 Å². The number of amides is 1. The Morgan fingerprint density at radius 2 is 1.71 bits per heavy atom. The van der Waals surface area contributed by atoms with Crippen LogP contribution in [0.1, 0.15) is 48.4 Å². The lowest BCUT2D eigenvalue weighted by molar-refractivity contribution is 0.0600. The standard InChI is InChI=1S/C18H22N2O4/c1-11(2)20(12(3)4)17(21)14-8-13(16-19-6-7-24-16)9-15(10-14)18(22)23-5/h6-12H,1-5H3. The number of methoxy groups -OCH3 is 1. The molecule has 0 radical (unpaired) electrons. The molecule has 128 valence electrons. The number of carbonyl (C=O) groups is 2. The van der Waals surface area contributed by atoms with Gasteiger partial charge >= 0.3 is 5.97 Å². The Labute approximate surface area is 141 Å². The lowest BCUT2D eigenvalue weighted by atomic mass is 10.0. The quantitative estimate of drug-likeness (QED) is 0.786. The summed E-state index contributed by atoms with van der Waals surface area (Å²) in [5, 5.41) is 0. The predicted molar refractivity (Wildman–Crippen MR) is 89.7 cm³/mol.